The molecule has 1 aromatic heterocycles. The molecule has 0 aliphatic carbocycles. The normalized spacial score (nSPS) is 13.0. The van der Waals surface area contributed by atoms with Crippen molar-refractivity contribution in [3.05, 3.63) is 63.2 Å². The van der Waals surface area contributed by atoms with E-state index in [9.17, 15) is 4.21 Å². The predicted octanol–water partition coefficient (Wildman–Crippen LogP) is 3.98. The van der Waals surface area contributed by atoms with Crippen LogP contribution in [0.15, 0.2) is 46.5 Å². The first kappa shape index (κ1) is 12.3. The molecule has 0 amide bonds. The molecule has 0 aliphatic heterocycles. The van der Waals surface area contributed by atoms with Gasteiger partial charge in [-0.2, -0.15) is 11.3 Å². The van der Waals surface area contributed by atoms with Crippen LogP contribution in [0.25, 0.3) is 6.08 Å². The molecule has 1 aromatic carbocycles. The quantitative estimate of drug-likeness (QED) is 0.814. The first-order chi connectivity index (χ1) is 8.24. The lowest BCUT2D eigenvalue weighted by atomic mass is 10.2. The summed E-state index contributed by atoms with van der Waals surface area (Å²) in [4.78, 5) is 0. The minimum atomic E-state index is -0.938. The molecule has 88 valence electrons. The molecule has 0 bridgehead atoms. The maximum absolute atomic E-state index is 11.8. The van der Waals surface area contributed by atoms with Crippen LogP contribution in [-0.4, -0.2) is 4.21 Å². The zero-order valence-corrected chi connectivity index (χ0v) is 11.3. The molecular formula is C14H14OS2. The van der Waals surface area contributed by atoms with Crippen LogP contribution in [-0.2, 0) is 16.6 Å². The third-order valence-corrected chi connectivity index (χ3v) is 4.14. The van der Waals surface area contributed by atoms with Crippen molar-refractivity contribution in [2.75, 3.05) is 0 Å². The summed E-state index contributed by atoms with van der Waals surface area (Å²) in [5, 5.41) is 5.82. The molecule has 0 fully saturated rings. The molecule has 3 heteroatoms. The Balaban J connectivity index is 1.95. The van der Waals surface area contributed by atoms with E-state index in [0.29, 0.717) is 5.75 Å². The van der Waals surface area contributed by atoms with E-state index in [-0.39, 0.29) is 0 Å². The smallest absolute Gasteiger partial charge is 0.0526 e. The molecule has 0 spiro atoms. The Hall–Kier alpha value is -1.19. The van der Waals surface area contributed by atoms with E-state index in [0.717, 1.165) is 11.1 Å². The van der Waals surface area contributed by atoms with Crippen LogP contribution < -0.4 is 0 Å². The molecule has 0 N–H and O–H groups in total. The number of rotatable bonds is 4. The van der Waals surface area contributed by atoms with Crippen molar-refractivity contribution < 1.29 is 4.21 Å². The van der Waals surface area contributed by atoms with Crippen molar-refractivity contribution in [2.45, 2.75) is 12.7 Å². The molecular weight excluding hydrogens is 248 g/mol. The molecule has 1 heterocycles. The highest BCUT2D eigenvalue weighted by atomic mass is 32.2. The van der Waals surface area contributed by atoms with Crippen LogP contribution >= 0.6 is 11.3 Å². The Morgan fingerprint density at radius 1 is 1.24 bits per heavy atom. The lowest BCUT2D eigenvalue weighted by Gasteiger charge is -1.98. The lowest BCUT2D eigenvalue weighted by molar-refractivity contribution is 0.688. The molecule has 2 aromatic rings. The van der Waals surface area contributed by atoms with Gasteiger partial charge < -0.3 is 0 Å². The van der Waals surface area contributed by atoms with E-state index >= 15 is 0 Å². The van der Waals surface area contributed by atoms with Crippen LogP contribution in [0.2, 0.25) is 0 Å². The van der Waals surface area contributed by atoms with Gasteiger partial charge in [0.2, 0.25) is 0 Å². The second-order valence-electron chi connectivity index (χ2n) is 3.87. The zero-order chi connectivity index (χ0) is 12.1. The average molecular weight is 262 g/mol. The van der Waals surface area contributed by atoms with Gasteiger partial charge in [-0.05, 0) is 41.0 Å². The van der Waals surface area contributed by atoms with Crippen molar-refractivity contribution >= 4 is 28.2 Å². The van der Waals surface area contributed by atoms with Gasteiger partial charge in [0, 0.05) is 5.41 Å². The Labute approximate surface area is 108 Å². The highest BCUT2D eigenvalue weighted by molar-refractivity contribution is 7.87. The van der Waals surface area contributed by atoms with Crippen LogP contribution in [0.5, 0.6) is 0 Å². The van der Waals surface area contributed by atoms with Gasteiger partial charge in [-0.15, -0.1) is 0 Å². The molecule has 0 saturated heterocycles. The third-order valence-electron chi connectivity index (χ3n) is 2.38. The van der Waals surface area contributed by atoms with Crippen LogP contribution in [0.1, 0.15) is 16.7 Å². The van der Waals surface area contributed by atoms with Gasteiger partial charge in [-0.1, -0.05) is 29.8 Å². The summed E-state index contributed by atoms with van der Waals surface area (Å²) in [5.41, 5.74) is 3.46. The summed E-state index contributed by atoms with van der Waals surface area (Å²) < 4.78 is 11.8. The lowest BCUT2D eigenvalue weighted by Crippen LogP contribution is -1.91. The monoisotopic (exact) mass is 262 g/mol. The minimum absolute atomic E-state index is 0.584. The van der Waals surface area contributed by atoms with Crippen molar-refractivity contribution in [1.29, 1.82) is 0 Å². The fourth-order valence-corrected chi connectivity index (χ4v) is 2.98. The van der Waals surface area contributed by atoms with Crippen LogP contribution in [0.4, 0.5) is 0 Å². The second kappa shape index (κ2) is 5.94. The van der Waals surface area contributed by atoms with Gasteiger partial charge in [0.15, 0.2) is 0 Å². The highest BCUT2D eigenvalue weighted by Crippen LogP contribution is 2.10. The Morgan fingerprint density at radius 3 is 2.65 bits per heavy atom. The number of thiophene rings is 1. The second-order valence-corrected chi connectivity index (χ2v) is 5.97. The van der Waals surface area contributed by atoms with Gasteiger partial charge in [0.05, 0.1) is 16.6 Å². The summed E-state index contributed by atoms with van der Waals surface area (Å²) in [6, 6.07) is 10.2. The van der Waals surface area contributed by atoms with E-state index in [2.05, 4.69) is 19.1 Å². The SMILES string of the molecule is Cc1ccc(CS(=O)C=Cc2ccsc2)cc1. The largest absolute Gasteiger partial charge is 0.255 e. The van der Waals surface area contributed by atoms with Gasteiger partial charge >= 0.3 is 0 Å². The first-order valence-corrected chi connectivity index (χ1v) is 7.69. The van der Waals surface area contributed by atoms with E-state index in [4.69, 9.17) is 0 Å². The Kier molecular flexibility index (Phi) is 4.29. The van der Waals surface area contributed by atoms with E-state index in [1.807, 2.05) is 35.0 Å². The van der Waals surface area contributed by atoms with Gasteiger partial charge in [-0.3, -0.25) is 4.21 Å². The summed E-state index contributed by atoms with van der Waals surface area (Å²) in [6.07, 6.45) is 1.92. The molecule has 1 atom stereocenters. The molecule has 17 heavy (non-hydrogen) atoms. The van der Waals surface area contributed by atoms with Gasteiger partial charge in [0.25, 0.3) is 0 Å². The number of aryl methyl sites for hydroxylation is 1. The van der Waals surface area contributed by atoms with Gasteiger partial charge in [-0.25, -0.2) is 0 Å². The van der Waals surface area contributed by atoms with E-state index in [1.54, 1.807) is 16.7 Å². The highest BCUT2D eigenvalue weighted by Gasteiger charge is 1.97. The standard InChI is InChI=1S/C14H14OS2/c1-12-2-4-14(5-3-12)11-17(15)9-7-13-6-8-16-10-13/h2-10H,11H2,1H3. The molecule has 0 radical (unpaired) electrons. The van der Waals surface area contributed by atoms with Crippen LogP contribution in [0, 0.1) is 6.92 Å². The molecule has 1 unspecified atom stereocenters. The maximum Gasteiger partial charge on any atom is 0.0526 e. The fourth-order valence-electron chi connectivity index (χ4n) is 1.42. The summed E-state index contributed by atoms with van der Waals surface area (Å²) in [5.74, 6) is 0.584. The number of benzene rings is 1. The average Bonchev–Trinajstić information content (AvgIpc) is 2.83. The first-order valence-electron chi connectivity index (χ1n) is 5.37. The van der Waals surface area contributed by atoms with Crippen LogP contribution in [0.3, 0.4) is 0 Å². The van der Waals surface area contributed by atoms with Crippen molar-refractivity contribution in [1.82, 2.24) is 0 Å². The zero-order valence-electron chi connectivity index (χ0n) is 9.63. The molecule has 0 saturated carbocycles. The van der Waals surface area contributed by atoms with E-state index in [1.165, 1.54) is 5.56 Å². The predicted molar refractivity (Wildman–Crippen MR) is 76.4 cm³/mol. The number of hydrogen-bond acceptors (Lipinski definition) is 2. The molecule has 1 nitrogen and oxygen atoms in total. The summed E-state index contributed by atoms with van der Waals surface area (Å²) in [6.45, 7) is 2.05. The van der Waals surface area contributed by atoms with Crippen molar-refractivity contribution in [2.24, 2.45) is 0 Å². The number of hydrogen-bond donors (Lipinski definition) is 0. The van der Waals surface area contributed by atoms with Crippen molar-refractivity contribution in [3.8, 4) is 0 Å². The summed E-state index contributed by atoms with van der Waals surface area (Å²) in [7, 11) is -0.938. The topological polar surface area (TPSA) is 17.1 Å². The third kappa shape index (κ3) is 3.95. The Morgan fingerprint density at radius 2 is 2.00 bits per heavy atom. The minimum Gasteiger partial charge on any atom is -0.255 e. The maximum atomic E-state index is 11.8. The fraction of sp³-hybridized carbons (Fsp3) is 0.143. The van der Waals surface area contributed by atoms with Gasteiger partial charge in [0.1, 0.15) is 0 Å². The summed E-state index contributed by atoms with van der Waals surface area (Å²) >= 11 is 1.65. The van der Waals surface area contributed by atoms with E-state index < -0.39 is 10.8 Å². The van der Waals surface area contributed by atoms with Crippen molar-refractivity contribution in [3.63, 3.8) is 0 Å². The molecule has 2 rings (SSSR count). The molecule has 0 aliphatic rings. The Bertz CT molecular complexity index is 510.